The Balaban J connectivity index is 1.30. The van der Waals surface area contributed by atoms with Gasteiger partial charge >= 0.3 is 6.85 Å². The number of benzene rings is 9. The largest absolute Gasteiger partial charge is 0.375 e. The first kappa shape index (κ1) is 31.9. The SMILES string of the molecule is c1ccc(-c2ccc3c4ccc(-c5ccccc5)c5c4n(c3c2)-c2ccccc2B5n2c3c(-c4ccccc4)cccc3c3cccc(-c4ccccc4)c32)cc1. The number of fused-ring (bicyclic) bond motifs is 8. The van der Waals surface area contributed by atoms with E-state index < -0.39 is 0 Å². The van der Waals surface area contributed by atoms with E-state index in [2.05, 4.69) is 221 Å². The van der Waals surface area contributed by atoms with Gasteiger partial charge in [0, 0.05) is 49.4 Å². The normalized spacial score (nSPS) is 12.2. The van der Waals surface area contributed by atoms with Crippen molar-refractivity contribution >= 4 is 61.4 Å². The highest BCUT2D eigenvalue weighted by atomic mass is 15.0. The summed E-state index contributed by atoms with van der Waals surface area (Å²) in [4.78, 5) is 0. The summed E-state index contributed by atoms with van der Waals surface area (Å²) in [5, 5.41) is 5.05. The fourth-order valence-electron chi connectivity index (χ4n) is 9.80. The van der Waals surface area contributed by atoms with Crippen LogP contribution in [0.2, 0.25) is 0 Å². The Morgan fingerprint density at radius 3 is 1.40 bits per heavy atom. The molecule has 1 aliphatic rings. The van der Waals surface area contributed by atoms with Gasteiger partial charge in [-0.1, -0.05) is 200 Å². The van der Waals surface area contributed by atoms with Gasteiger partial charge in [0.25, 0.3) is 0 Å². The van der Waals surface area contributed by atoms with Crippen molar-refractivity contribution in [3.05, 3.63) is 212 Å². The van der Waals surface area contributed by atoms with Gasteiger partial charge in [-0.25, -0.2) is 0 Å². The van der Waals surface area contributed by atoms with Crippen LogP contribution in [0.5, 0.6) is 0 Å². The zero-order valence-corrected chi connectivity index (χ0v) is 31.2. The van der Waals surface area contributed by atoms with Crippen LogP contribution in [0.25, 0.3) is 93.8 Å². The Morgan fingerprint density at radius 2 is 0.807 bits per heavy atom. The van der Waals surface area contributed by atoms with E-state index in [0.717, 1.165) is 0 Å². The minimum atomic E-state index is -0.153. The van der Waals surface area contributed by atoms with E-state index in [1.807, 2.05) is 0 Å². The van der Waals surface area contributed by atoms with Gasteiger partial charge in [0.05, 0.1) is 11.0 Å². The summed E-state index contributed by atoms with van der Waals surface area (Å²) in [5.74, 6) is 0. The first-order chi connectivity index (χ1) is 28.3. The molecule has 12 rings (SSSR count). The van der Waals surface area contributed by atoms with Gasteiger partial charge in [-0.2, -0.15) is 0 Å². The van der Waals surface area contributed by atoms with E-state index in [0.29, 0.717) is 0 Å². The average Bonchev–Trinajstić information content (AvgIpc) is 3.81. The lowest BCUT2D eigenvalue weighted by Crippen LogP contribution is -2.54. The van der Waals surface area contributed by atoms with Crippen molar-refractivity contribution in [2.24, 2.45) is 0 Å². The number of nitrogens with zero attached hydrogens (tertiary/aromatic N) is 2. The summed E-state index contributed by atoms with van der Waals surface area (Å²) < 4.78 is 5.28. The Kier molecular flexibility index (Phi) is 7.06. The Bertz CT molecular complexity index is 3230. The minimum absolute atomic E-state index is 0.153. The van der Waals surface area contributed by atoms with Gasteiger partial charge in [-0.3, -0.25) is 0 Å². The van der Waals surface area contributed by atoms with Crippen molar-refractivity contribution in [1.29, 1.82) is 0 Å². The molecule has 1 aliphatic heterocycles. The second kappa shape index (κ2) is 12.6. The predicted molar refractivity (Wildman–Crippen MR) is 242 cm³/mol. The summed E-state index contributed by atoms with van der Waals surface area (Å²) in [7, 11) is 0. The molecular weight excluding hydrogens is 687 g/mol. The maximum absolute atomic E-state index is 2.71. The van der Waals surface area contributed by atoms with Crippen molar-refractivity contribution in [2.45, 2.75) is 0 Å². The van der Waals surface area contributed by atoms with Crippen LogP contribution in [-0.4, -0.2) is 15.9 Å². The first-order valence-electron chi connectivity index (χ1n) is 19.8. The van der Waals surface area contributed by atoms with Crippen molar-refractivity contribution in [1.82, 2.24) is 9.05 Å². The molecule has 2 aromatic heterocycles. The molecule has 0 spiro atoms. The van der Waals surface area contributed by atoms with Crippen LogP contribution < -0.4 is 10.9 Å². The van der Waals surface area contributed by atoms with E-state index in [-0.39, 0.29) is 6.85 Å². The predicted octanol–water partition coefficient (Wildman–Crippen LogP) is 12.5. The highest BCUT2D eigenvalue weighted by molar-refractivity contribution is 6.89. The minimum Gasteiger partial charge on any atom is -0.375 e. The molecule has 9 aromatic carbocycles. The van der Waals surface area contributed by atoms with Crippen LogP contribution in [0, 0.1) is 0 Å². The van der Waals surface area contributed by atoms with Crippen LogP contribution in [0.1, 0.15) is 0 Å². The molecule has 0 fully saturated rings. The highest BCUT2D eigenvalue weighted by Crippen LogP contribution is 2.43. The summed E-state index contributed by atoms with van der Waals surface area (Å²) in [5.41, 5.74) is 18.6. The Labute approximate surface area is 331 Å². The van der Waals surface area contributed by atoms with Crippen LogP contribution in [0.15, 0.2) is 212 Å². The van der Waals surface area contributed by atoms with E-state index >= 15 is 0 Å². The molecule has 57 heavy (non-hydrogen) atoms. The zero-order valence-electron chi connectivity index (χ0n) is 31.2. The summed E-state index contributed by atoms with van der Waals surface area (Å²) >= 11 is 0. The van der Waals surface area contributed by atoms with Gasteiger partial charge in [-0.15, -0.1) is 0 Å². The second-order valence-electron chi connectivity index (χ2n) is 15.2. The Hall–Kier alpha value is -7.36. The maximum Gasteiger partial charge on any atom is 0.333 e. The molecule has 0 bridgehead atoms. The summed E-state index contributed by atoms with van der Waals surface area (Å²) in [6.07, 6.45) is 0. The van der Waals surface area contributed by atoms with Crippen LogP contribution in [0.4, 0.5) is 0 Å². The first-order valence-corrected chi connectivity index (χ1v) is 19.8. The average molecular weight is 723 g/mol. The fourth-order valence-corrected chi connectivity index (χ4v) is 9.80. The third kappa shape index (κ3) is 4.73. The van der Waals surface area contributed by atoms with Crippen molar-refractivity contribution < 1.29 is 0 Å². The third-order valence-electron chi connectivity index (χ3n) is 12.2. The van der Waals surface area contributed by atoms with Gasteiger partial charge in [0.1, 0.15) is 0 Å². The van der Waals surface area contributed by atoms with Crippen molar-refractivity contribution in [3.63, 3.8) is 0 Å². The molecule has 3 heterocycles. The summed E-state index contributed by atoms with van der Waals surface area (Å²) in [6.45, 7) is -0.153. The lowest BCUT2D eigenvalue weighted by atomic mass is 9.46. The van der Waals surface area contributed by atoms with E-state index in [1.165, 1.54) is 105 Å². The molecule has 2 nitrogen and oxygen atoms in total. The van der Waals surface area contributed by atoms with Crippen LogP contribution in [-0.2, 0) is 0 Å². The lowest BCUT2D eigenvalue weighted by Gasteiger charge is -2.31. The molecule has 0 atom stereocenters. The molecular formula is C54H35BN2. The van der Waals surface area contributed by atoms with Gasteiger partial charge in [0.15, 0.2) is 0 Å². The molecule has 3 heteroatoms. The monoisotopic (exact) mass is 722 g/mol. The molecule has 11 aromatic rings. The van der Waals surface area contributed by atoms with Gasteiger partial charge in [0.2, 0.25) is 0 Å². The summed E-state index contributed by atoms with van der Waals surface area (Å²) in [6, 6.07) is 78.3. The molecule has 0 saturated heterocycles. The van der Waals surface area contributed by atoms with Crippen molar-refractivity contribution in [2.75, 3.05) is 0 Å². The maximum atomic E-state index is 2.71. The zero-order chi connectivity index (χ0) is 37.5. The number of hydrogen-bond acceptors (Lipinski definition) is 0. The fraction of sp³-hybridized carbons (Fsp3) is 0. The standard InChI is InChI=1S/C54H35BN2/c1-5-17-36(18-6-1)40-31-32-44-47-34-33-41(37-19-7-2-8-20-37)51-54(47)56(50(44)35-40)49-30-14-13-29-48(49)55(51)57-52-42(38-21-9-3-10-22-38)25-15-27-45(52)46-28-16-26-43(53(46)57)39-23-11-4-12-24-39/h1-35H. The van der Waals surface area contributed by atoms with Gasteiger partial charge < -0.3 is 9.05 Å². The number of rotatable bonds is 5. The highest BCUT2D eigenvalue weighted by Gasteiger charge is 2.39. The number of hydrogen-bond donors (Lipinski definition) is 0. The van der Waals surface area contributed by atoms with E-state index in [4.69, 9.17) is 0 Å². The van der Waals surface area contributed by atoms with Crippen LogP contribution in [0.3, 0.4) is 0 Å². The lowest BCUT2D eigenvalue weighted by molar-refractivity contribution is 1.18. The molecule has 0 saturated carbocycles. The molecule has 0 unspecified atom stereocenters. The number of aromatic nitrogens is 2. The molecule has 0 aliphatic carbocycles. The molecule has 264 valence electrons. The molecule has 0 amide bonds. The smallest absolute Gasteiger partial charge is 0.333 e. The van der Waals surface area contributed by atoms with Gasteiger partial charge in [-0.05, 0) is 56.4 Å². The number of para-hydroxylation sites is 3. The second-order valence-corrected chi connectivity index (χ2v) is 15.2. The Morgan fingerprint density at radius 1 is 0.316 bits per heavy atom. The van der Waals surface area contributed by atoms with E-state index in [9.17, 15) is 0 Å². The molecule has 0 N–H and O–H groups in total. The molecule has 0 radical (unpaired) electrons. The third-order valence-corrected chi connectivity index (χ3v) is 12.2. The van der Waals surface area contributed by atoms with E-state index in [1.54, 1.807) is 0 Å². The van der Waals surface area contributed by atoms with Crippen LogP contribution >= 0.6 is 0 Å². The quantitative estimate of drug-likeness (QED) is 0.157. The van der Waals surface area contributed by atoms with Crippen molar-refractivity contribution in [3.8, 4) is 50.2 Å². The topological polar surface area (TPSA) is 9.86 Å².